The first-order chi connectivity index (χ1) is 9.74. The van der Waals surface area contributed by atoms with Gasteiger partial charge in [-0.15, -0.1) is 0 Å². The van der Waals surface area contributed by atoms with Gasteiger partial charge in [0.15, 0.2) is 6.10 Å². The minimum atomic E-state index is -0.852. The maximum atomic E-state index is 10.7. The highest BCUT2D eigenvalue weighted by Crippen LogP contribution is 2.12. The fourth-order valence-electron chi connectivity index (χ4n) is 2.35. The highest BCUT2D eigenvalue weighted by atomic mass is 16.5. The van der Waals surface area contributed by atoms with Crippen LogP contribution >= 0.6 is 0 Å². The molecule has 0 aromatic heterocycles. The Balaban J connectivity index is 1.94. The van der Waals surface area contributed by atoms with Crippen LogP contribution in [0.2, 0.25) is 0 Å². The highest BCUT2D eigenvalue weighted by Gasteiger charge is 2.14. The molecule has 0 radical (unpaired) electrons. The van der Waals surface area contributed by atoms with Crippen molar-refractivity contribution in [3.05, 3.63) is 35.9 Å². The number of carboxylic acid groups (broad SMARTS) is 1. The van der Waals surface area contributed by atoms with Gasteiger partial charge in [0, 0.05) is 7.11 Å². The number of hydrogen-bond acceptors (Lipinski definition) is 2. The highest BCUT2D eigenvalue weighted by molar-refractivity contribution is 5.72. The molecule has 20 heavy (non-hydrogen) atoms. The van der Waals surface area contributed by atoms with Gasteiger partial charge in [0.25, 0.3) is 0 Å². The summed E-state index contributed by atoms with van der Waals surface area (Å²) < 4.78 is 4.91. The molecule has 3 heteroatoms. The molecule has 0 spiro atoms. The maximum Gasteiger partial charge on any atom is 0.332 e. The maximum absolute atomic E-state index is 10.7. The number of hydrogen-bond donors (Lipinski definition) is 1. The molecule has 3 nitrogen and oxygen atoms in total. The van der Waals surface area contributed by atoms with Crippen LogP contribution in [0, 0.1) is 0 Å². The summed E-state index contributed by atoms with van der Waals surface area (Å²) in [7, 11) is 1.46. The third kappa shape index (κ3) is 7.29. The quantitative estimate of drug-likeness (QED) is 0.621. The Morgan fingerprint density at radius 1 is 1.05 bits per heavy atom. The van der Waals surface area contributed by atoms with E-state index in [0.29, 0.717) is 6.42 Å². The van der Waals surface area contributed by atoms with Crippen LogP contribution in [-0.2, 0) is 16.0 Å². The van der Waals surface area contributed by atoms with Crippen LogP contribution in [0.15, 0.2) is 30.3 Å². The van der Waals surface area contributed by atoms with Crippen molar-refractivity contribution in [3.8, 4) is 0 Å². The smallest absolute Gasteiger partial charge is 0.332 e. The molecule has 1 unspecified atom stereocenters. The second-order valence-corrected chi connectivity index (χ2v) is 5.21. The van der Waals surface area contributed by atoms with E-state index >= 15 is 0 Å². The van der Waals surface area contributed by atoms with Gasteiger partial charge < -0.3 is 9.84 Å². The molecule has 0 bridgehead atoms. The number of rotatable bonds is 11. The van der Waals surface area contributed by atoms with Crippen LogP contribution in [-0.4, -0.2) is 24.3 Å². The first-order valence-corrected chi connectivity index (χ1v) is 7.53. The molecule has 112 valence electrons. The van der Waals surface area contributed by atoms with Crippen LogP contribution in [0.25, 0.3) is 0 Å². The summed E-state index contributed by atoms with van der Waals surface area (Å²) in [5.74, 6) is -0.852. The van der Waals surface area contributed by atoms with Crippen LogP contribution in [0.1, 0.15) is 50.5 Å². The van der Waals surface area contributed by atoms with E-state index in [2.05, 4.69) is 24.3 Å². The number of benzene rings is 1. The zero-order chi connectivity index (χ0) is 14.6. The molecule has 0 fully saturated rings. The van der Waals surface area contributed by atoms with Crippen molar-refractivity contribution >= 4 is 5.97 Å². The van der Waals surface area contributed by atoms with Gasteiger partial charge in [0.05, 0.1) is 0 Å². The standard InChI is InChI=1S/C17H26O3/c1-20-16(17(18)19)14-10-5-3-2-4-7-11-15-12-8-6-9-13-15/h6,8-9,12-13,16H,2-5,7,10-11,14H2,1H3,(H,18,19). The molecular weight excluding hydrogens is 252 g/mol. The zero-order valence-electron chi connectivity index (χ0n) is 12.4. The molecule has 0 amide bonds. The number of ether oxygens (including phenoxy) is 1. The Kier molecular flexibility index (Phi) is 8.72. The van der Waals surface area contributed by atoms with Crippen molar-refractivity contribution in [1.82, 2.24) is 0 Å². The van der Waals surface area contributed by atoms with Gasteiger partial charge in [-0.2, -0.15) is 0 Å². The molecule has 1 aromatic rings. The average molecular weight is 278 g/mol. The lowest BCUT2D eigenvalue weighted by atomic mass is 10.0. The van der Waals surface area contributed by atoms with Crippen molar-refractivity contribution in [2.45, 2.75) is 57.5 Å². The lowest BCUT2D eigenvalue weighted by molar-refractivity contribution is -0.148. The van der Waals surface area contributed by atoms with Crippen molar-refractivity contribution < 1.29 is 14.6 Å². The summed E-state index contributed by atoms with van der Waals surface area (Å²) in [5, 5.41) is 8.83. The molecule has 1 aromatic carbocycles. The molecule has 0 aliphatic carbocycles. The van der Waals surface area contributed by atoms with E-state index in [1.807, 2.05) is 6.07 Å². The van der Waals surface area contributed by atoms with Gasteiger partial charge >= 0.3 is 5.97 Å². The summed E-state index contributed by atoms with van der Waals surface area (Å²) in [5.41, 5.74) is 1.41. The Bertz CT molecular complexity index is 362. The Labute approximate surface area is 122 Å². The van der Waals surface area contributed by atoms with E-state index in [9.17, 15) is 4.79 Å². The first kappa shape index (κ1) is 16.7. The largest absolute Gasteiger partial charge is 0.479 e. The summed E-state index contributed by atoms with van der Waals surface area (Å²) in [6.45, 7) is 0. The number of aryl methyl sites for hydroxylation is 1. The van der Waals surface area contributed by atoms with Gasteiger partial charge in [0.1, 0.15) is 0 Å². The molecular formula is C17H26O3. The van der Waals surface area contributed by atoms with E-state index in [4.69, 9.17) is 9.84 Å². The monoisotopic (exact) mass is 278 g/mol. The predicted octanol–water partition coefficient (Wildman–Crippen LogP) is 4.06. The van der Waals surface area contributed by atoms with Crippen LogP contribution in [0.3, 0.4) is 0 Å². The van der Waals surface area contributed by atoms with Crippen LogP contribution < -0.4 is 0 Å². The second kappa shape index (κ2) is 10.4. The molecule has 1 rings (SSSR count). The molecule has 1 atom stereocenters. The SMILES string of the molecule is COC(CCCCCCCCc1ccccc1)C(=O)O. The average Bonchev–Trinajstić information content (AvgIpc) is 2.46. The number of carboxylic acids is 1. The summed E-state index contributed by atoms with van der Waals surface area (Å²) in [6.07, 6.45) is 8.08. The third-order valence-electron chi connectivity index (χ3n) is 3.58. The van der Waals surface area contributed by atoms with Gasteiger partial charge in [-0.25, -0.2) is 4.79 Å². The number of unbranched alkanes of at least 4 members (excludes halogenated alkanes) is 5. The fourth-order valence-corrected chi connectivity index (χ4v) is 2.35. The van der Waals surface area contributed by atoms with Crippen molar-refractivity contribution in [1.29, 1.82) is 0 Å². The molecule has 1 N–H and O–H groups in total. The Hall–Kier alpha value is -1.35. The minimum Gasteiger partial charge on any atom is -0.479 e. The Morgan fingerprint density at radius 3 is 2.25 bits per heavy atom. The van der Waals surface area contributed by atoms with Gasteiger partial charge in [-0.3, -0.25) is 0 Å². The number of aliphatic carboxylic acids is 1. The second-order valence-electron chi connectivity index (χ2n) is 5.21. The molecule has 0 aliphatic rings. The van der Waals surface area contributed by atoms with Gasteiger partial charge in [-0.1, -0.05) is 62.4 Å². The van der Waals surface area contributed by atoms with Crippen molar-refractivity contribution in [3.63, 3.8) is 0 Å². The van der Waals surface area contributed by atoms with Crippen molar-refractivity contribution in [2.24, 2.45) is 0 Å². The van der Waals surface area contributed by atoms with E-state index in [1.54, 1.807) is 0 Å². The lowest BCUT2D eigenvalue weighted by Gasteiger charge is -2.09. The summed E-state index contributed by atoms with van der Waals surface area (Å²) in [6, 6.07) is 10.6. The summed E-state index contributed by atoms with van der Waals surface area (Å²) in [4.78, 5) is 10.7. The normalized spacial score (nSPS) is 12.2. The molecule has 0 saturated heterocycles. The molecule has 0 aliphatic heterocycles. The molecule has 0 saturated carbocycles. The van der Waals surface area contributed by atoms with Gasteiger partial charge in [-0.05, 0) is 24.8 Å². The predicted molar refractivity (Wildman–Crippen MR) is 80.9 cm³/mol. The van der Waals surface area contributed by atoms with E-state index in [0.717, 1.165) is 19.3 Å². The Morgan fingerprint density at radius 2 is 1.65 bits per heavy atom. The number of carbonyl (C=O) groups is 1. The van der Waals surface area contributed by atoms with Crippen LogP contribution in [0.4, 0.5) is 0 Å². The minimum absolute atomic E-state index is 0.621. The van der Waals surface area contributed by atoms with E-state index < -0.39 is 12.1 Å². The van der Waals surface area contributed by atoms with Gasteiger partial charge in [0.2, 0.25) is 0 Å². The van der Waals surface area contributed by atoms with E-state index in [-0.39, 0.29) is 0 Å². The summed E-state index contributed by atoms with van der Waals surface area (Å²) >= 11 is 0. The van der Waals surface area contributed by atoms with E-state index in [1.165, 1.54) is 38.4 Å². The zero-order valence-corrected chi connectivity index (χ0v) is 12.4. The van der Waals surface area contributed by atoms with Crippen molar-refractivity contribution in [2.75, 3.05) is 7.11 Å². The third-order valence-corrected chi connectivity index (χ3v) is 3.58. The lowest BCUT2D eigenvalue weighted by Crippen LogP contribution is -2.21. The fraction of sp³-hybridized carbons (Fsp3) is 0.588. The van der Waals surface area contributed by atoms with Crippen LogP contribution in [0.5, 0.6) is 0 Å². The number of methoxy groups -OCH3 is 1. The molecule has 0 heterocycles. The first-order valence-electron chi connectivity index (χ1n) is 7.53. The topological polar surface area (TPSA) is 46.5 Å².